The Morgan fingerprint density at radius 1 is 0.417 bits per heavy atom. The number of benzene rings is 5. The van der Waals surface area contributed by atoms with E-state index in [2.05, 4.69) is 39.8 Å². The van der Waals surface area contributed by atoms with Crippen LogP contribution in [0.4, 0.5) is 0 Å². The molecule has 4 aliphatic rings. The van der Waals surface area contributed by atoms with E-state index in [9.17, 15) is 0 Å². The average Bonchev–Trinajstić information content (AvgIpc) is 3.41. The lowest BCUT2D eigenvalue weighted by Crippen LogP contribution is -2.26. The van der Waals surface area contributed by atoms with Gasteiger partial charge in [-0.1, -0.05) is 66.7 Å². The molecular formula is C56H66O14P2. The van der Waals surface area contributed by atoms with Gasteiger partial charge in [-0.25, -0.2) is 0 Å². The fourth-order valence-electron chi connectivity index (χ4n) is 8.83. The summed E-state index contributed by atoms with van der Waals surface area (Å²) in [5.41, 5.74) is 10.3. The Balaban J connectivity index is 1.15. The molecule has 0 bridgehead atoms. The number of para-hydroxylation sites is 3. The van der Waals surface area contributed by atoms with E-state index in [-0.39, 0.29) is 0 Å². The summed E-state index contributed by atoms with van der Waals surface area (Å²) in [5, 5.41) is 0. The molecule has 0 amide bonds. The molecule has 0 aliphatic carbocycles. The van der Waals surface area contributed by atoms with E-state index in [1.165, 1.54) is 0 Å². The fraction of sp³-hybridized carbons (Fsp3) is 0.429. The Morgan fingerprint density at radius 3 is 1.14 bits per heavy atom. The van der Waals surface area contributed by atoms with Crippen LogP contribution in [0.5, 0.6) is 28.7 Å². The van der Waals surface area contributed by atoms with Crippen LogP contribution in [0.3, 0.4) is 0 Å². The molecule has 4 saturated heterocycles. The maximum absolute atomic E-state index is 7.28. The zero-order valence-corrected chi connectivity index (χ0v) is 44.3. The van der Waals surface area contributed by atoms with Gasteiger partial charge in [0.1, 0.15) is 34.5 Å². The molecule has 4 aliphatic heterocycles. The van der Waals surface area contributed by atoms with Gasteiger partial charge in [-0.05, 0) is 133 Å². The fourth-order valence-corrected chi connectivity index (χ4v) is 11.2. The van der Waals surface area contributed by atoms with Gasteiger partial charge in [-0.3, -0.25) is 0 Å². The third-order valence-corrected chi connectivity index (χ3v) is 15.1. The van der Waals surface area contributed by atoms with E-state index in [0.29, 0.717) is 87.4 Å². The predicted molar refractivity (Wildman–Crippen MR) is 274 cm³/mol. The topological polar surface area (TPSA) is 129 Å². The highest BCUT2D eigenvalue weighted by atomic mass is 31.2. The number of hydrogen-bond acceptors (Lipinski definition) is 14. The molecule has 4 heterocycles. The largest absolute Gasteiger partial charge is 0.530 e. The van der Waals surface area contributed by atoms with Gasteiger partial charge in [0.05, 0.1) is 69.5 Å². The molecule has 0 aromatic heterocycles. The predicted octanol–water partition coefficient (Wildman–Crippen LogP) is 14.0. The highest BCUT2D eigenvalue weighted by Gasteiger charge is 2.35. The molecule has 0 saturated carbocycles. The van der Waals surface area contributed by atoms with Crippen LogP contribution >= 0.6 is 17.2 Å². The molecular weight excluding hydrogens is 959 g/mol. The van der Waals surface area contributed by atoms with Crippen molar-refractivity contribution in [1.29, 1.82) is 0 Å². The molecule has 1 unspecified atom stereocenters. The second-order valence-corrected chi connectivity index (χ2v) is 20.2. The lowest BCUT2D eigenvalue weighted by molar-refractivity contribution is -0.183. The van der Waals surface area contributed by atoms with Gasteiger partial charge in [0.25, 0.3) is 0 Å². The first kappa shape index (κ1) is 52.1. The molecule has 0 N–H and O–H groups in total. The van der Waals surface area contributed by atoms with Crippen LogP contribution in [0.15, 0.2) is 96.3 Å². The van der Waals surface area contributed by atoms with Crippen molar-refractivity contribution in [2.45, 2.75) is 106 Å². The van der Waals surface area contributed by atoms with Crippen molar-refractivity contribution < 1.29 is 65.0 Å². The van der Waals surface area contributed by atoms with E-state index in [0.717, 1.165) is 92.5 Å². The number of ether oxygens (including phenoxy) is 8. The van der Waals surface area contributed by atoms with Crippen molar-refractivity contribution in [2.75, 3.05) is 52.9 Å². The van der Waals surface area contributed by atoms with Crippen molar-refractivity contribution in [3.05, 3.63) is 146 Å². The molecule has 14 nitrogen and oxygen atoms in total. The monoisotopic (exact) mass is 1020 g/mol. The first-order chi connectivity index (χ1) is 35.0. The molecule has 0 radical (unpaired) electrons. The third kappa shape index (κ3) is 12.2. The first-order valence-electron chi connectivity index (χ1n) is 24.8. The van der Waals surface area contributed by atoms with Crippen LogP contribution < -0.4 is 22.6 Å². The Hall–Kier alpha value is -4.82. The van der Waals surface area contributed by atoms with Crippen molar-refractivity contribution >= 4 is 17.2 Å². The Morgan fingerprint density at radius 2 is 0.750 bits per heavy atom. The van der Waals surface area contributed by atoms with E-state index in [4.69, 9.17) is 65.0 Å². The summed E-state index contributed by atoms with van der Waals surface area (Å²) in [4.78, 5) is 0. The maximum atomic E-state index is 7.28. The van der Waals surface area contributed by atoms with Gasteiger partial charge in [0.2, 0.25) is 0 Å². The zero-order chi connectivity index (χ0) is 50.1. The third-order valence-electron chi connectivity index (χ3n) is 13.0. The van der Waals surface area contributed by atoms with E-state index in [1.54, 1.807) is 0 Å². The Bertz CT molecular complexity index is 2610. The molecule has 5 aromatic carbocycles. The minimum Gasteiger partial charge on any atom is -0.413 e. The SMILES string of the molecule is C/C(OP(Oc1ccccc1C1OCCCO1)Oc1c(C)cc(C)c(C)c1-c1c(C)c(C)cc(C)c1OP(Oc1ccccc1C1OCCCO1)Oc1ccccc1C1OCCCO1)=C(\C)C1OCCCO1. The van der Waals surface area contributed by atoms with E-state index in [1.807, 2.05) is 100 Å². The summed E-state index contributed by atoms with van der Waals surface area (Å²) >= 11 is 0. The van der Waals surface area contributed by atoms with Gasteiger partial charge in [-0.2, -0.15) is 0 Å². The maximum Gasteiger partial charge on any atom is 0.530 e. The smallest absolute Gasteiger partial charge is 0.413 e. The van der Waals surface area contributed by atoms with Gasteiger partial charge in [-0.15, -0.1) is 0 Å². The molecule has 5 aromatic rings. The van der Waals surface area contributed by atoms with Gasteiger partial charge in [0, 0.05) is 16.7 Å². The van der Waals surface area contributed by atoms with Crippen LogP contribution in [0.2, 0.25) is 0 Å². The number of rotatable bonds is 17. The summed E-state index contributed by atoms with van der Waals surface area (Å²) in [6.07, 6.45) is 0.798. The number of aryl methyl sites for hydroxylation is 4. The zero-order valence-electron chi connectivity index (χ0n) is 42.5. The minimum atomic E-state index is -2.29. The Kier molecular flexibility index (Phi) is 17.7. The molecule has 4 fully saturated rings. The standard InChI is InChI=1S/C56H66O14P2/c1-35-33-37(3)51(69-71(65-42(8)41(7)53-57-25-15-26-58-53)66-46-22-12-9-19-43(46)54-59-27-16-28-60-54)49(39(35)5)50-40(6)36(2)34-38(4)52(50)70-72(67-47-23-13-10-20-44(47)55-61-29-17-30-62-55)68-48-24-14-11-21-45(48)56-63-31-18-32-64-56/h9-14,19-24,33-34,53-56H,15-18,25-32H2,1-8H3/b42-41-. The van der Waals surface area contributed by atoms with Crippen molar-refractivity contribution in [2.24, 2.45) is 0 Å². The normalized spacial score (nSPS) is 18.3. The molecule has 0 spiro atoms. The van der Waals surface area contributed by atoms with Crippen molar-refractivity contribution in [3.8, 4) is 39.9 Å². The summed E-state index contributed by atoms with van der Waals surface area (Å²) in [6, 6.07) is 27.2. The van der Waals surface area contributed by atoms with Crippen LogP contribution in [0, 0.1) is 41.5 Å². The second-order valence-electron chi connectivity index (χ2n) is 18.2. The van der Waals surface area contributed by atoms with E-state index >= 15 is 0 Å². The van der Waals surface area contributed by atoms with Crippen LogP contribution in [-0.4, -0.2) is 59.1 Å². The summed E-state index contributed by atoms with van der Waals surface area (Å²) in [5.74, 6) is 3.17. The molecule has 16 heteroatoms. The van der Waals surface area contributed by atoms with Crippen molar-refractivity contribution in [3.63, 3.8) is 0 Å². The average molecular weight is 1030 g/mol. The van der Waals surface area contributed by atoms with Crippen LogP contribution in [0.25, 0.3) is 11.1 Å². The molecule has 384 valence electrons. The molecule has 72 heavy (non-hydrogen) atoms. The lowest BCUT2D eigenvalue weighted by Gasteiger charge is -2.29. The second kappa shape index (κ2) is 24.5. The van der Waals surface area contributed by atoms with Gasteiger partial charge in [0.15, 0.2) is 25.2 Å². The summed E-state index contributed by atoms with van der Waals surface area (Å²) in [7, 11) is -4.53. The molecule has 9 rings (SSSR count). The minimum absolute atomic E-state index is 0.500. The molecule has 1 atom stereocenters. The van der Waals surface area contributed by atoms with Crippen LogP contribution in [-0.2, 0) is 42.4 Å². The highest BCUT2D eigenvalue weighted by Crippen LogP contribution is 2.56. The quantitative estimate of drug-likeness (QED) is 0.0647. The summed E-state index contributed by atoms with van der Waals surface area (Å²) < 4.78 is 90.7. The van der Waals surface area contributed by atoms with Crippen LogP contribution in [0.1, 0.15) is 108 Å². The lowest BCUT2D eigenvalue weighted by atomic mass is 9.87. The highest BCUT2D eigenvalue weighted by molar-refractivity contribution is 7.43. The number of allylic oxidation sites excluding steroid dienone is 1. The Labute approximate surface area is 426 Å². The first-order valence-corrected chi connectivity index (χ1v) is 27.0. The van der Waals surface area contributed by atoms with Crippen molar-refractivity contribution in [1.82, 2.24) is 0 Å². The number of hydrogen-bond donors (Lipinski definition) is 0. The van der Waals surface area contributed by atoms with Gasteiger partial charge >= 0.3 is 17.2 Å². The van der Waals surface area contributed by atoms with E-state index < -0.39 is 42.4 Å². The van der Waals surface area contributed by atoms with Gasteiger partial charge < -0.3 is 65.0 Å². The summed E-state index contributed by atoms with van der Waals surface area (Å²) in [6.45, 7) is 20.8.